The summed E-state index contributed by atoms with van der Waals surface area (Å²) < 4.78 is 13.9. The number of para-hydroxylation sites is 1. The van der Waals surface area contributed by atoms with Crippen molar-refractivity contribution < 1.29 is 14.1 Å². The molecule has 2 N–H and O–H groups in total. The maximum Gasteiger partial charge on any atom is 0.279 e. The normalized spacial score (nSPS) is 15.2. The maximum absolute atomic E-state index is 13.0. The molecule has 3 rings (SSSR count). The molecule has 1 saturated carbocycles. The van der Waals surface area contributed by atoms with Gasteiger partial charge in [-0.25, -0.2) is 4.39 Å². The second-order valence-corrected chi connectivity index (χ2v) is 6.79. The van der Waals surface area contributed by atoms with Crippen molar-refractivity contribution in [1.82, 2.24) is 0 Å². The Balaban J connectivity index is 1.62. The average Bonchev–Trinajstić information content (AvgIpc) is 3.36. The van der Waals surface area contributed by atoms with Crippen molar-refractivity contribution in [3.8, 4) is 0 Å². The monoisotopic (exact) mass is 377 g/mol. The van der Waals surface area contributed by atoms with Crippen LogP contribution >= 0.6 is 15.9 Å². The van der Waals surface area contributed by atoms with E-state index in [1.807, 2.05) is 24.3 Å². The Morgan fingerprint density at radius 3 is 2.52 bits per heavy atom. The molecule has 23 heavy (non-hydrogen) atoms. The molecule has 1 atom stereocenters. The number of carbonyl (C=O) groups excluding carboxylic acids is 1. The SMILES string of the molecule is O=C(C[NH+](Cc1ccc(F)cc1)C1CC1)Nc1ccccc1Br. The fourth-order valence-corrected chi connectivity index (χ4v) is 3.05. The number of amides is 1. The molecule has 0 aliphatic heterocycles. The van der Waals surface area contributed by atoms with Crippen molar-refractivity contribution in [2.45, 2.75) is 25.4 Å². The van der Waals surface area contributed by atoms with Crippen LogP contribution in [0.3, 0.4) is 0 Å². The zero-order valence-electron chi connectivity index (χ0n) is 12.7. The van der Waals surface area contributed by atoms with Gasteiger partial charge in [0.2, 0.25) is 0 Å². The van der Waals surface area contributed by atoms with Gasteiger partial charge in [-0.3, -0.25) is 4.79 Å². The number of nitrogens with one attached hydrogen (secondary N) is 2. The Kier molecular flexibility index (Phi) is 5.08. The molecule has 1 aliphatic rings. The molecule has 0 heterocycles. The van der Waals surface area contributed by atoms with Crippen molar-refractivity contribution in [3.63, 3.8) is 0 Å². The molecule has 0 saturated heterocycles. The van der Waals surface area contributed by atoms with Crippen LogP contribution < -0.4 is 10.2 Å². The number of benzene rings is 2. The van der Waals surface area contributed by atoms with Gasteiger partial charge in [-0.1, -0.05) is 24.3 Å². The highest BCUT2D eigenvalue weighted by atomic mass is 79.9. The Morgan fingerprint density at radius 1 is 1.17 bits per heavy atom. The summed E-state index contributed by atoms with van der Waals surface area (Å²) in [4.78, 5) is 13.6. The van der Waals surface area contributed by atoms with Gasteiger partial charge in [0.15, 0.2) is 6.54 Å². The Bertz CT molecular complexity index is 686. The number of rotatable bonds is 6. The lowest BCUT2D eigenvalue weighted by atomic mass is 10.2. The number of anilines is 1. The van der Waals surface area contributed by atoms with Crippen LogP contribution in [0.4, 0.5) is 10.1 Å². The largest absolute Gasteiger partial charge is 0.321 e. The lowest BCUT2D eigenvalue weighted by Gasteiger charge is -2.19. The smallest absolute Gasteiger partial charge is 0.279 e. The second-order valence-electron chi connectivity index (χ2n) is 5.94. The lowest BCUT2D eigenvalue weighted by Crippen LogP contribution is -3.13. The molecule has 2 aromatic carbocycles. The maximum atomic E-state index is 13.0. The minimum absolute atomic E-state index is 0.000844. The summed E-state index contributed by atoms with van der Waals surface area (Å²) in [6.07, 6.45) is 2.30. The first-order valence-electron chi connectivity index (χ1n) is 7.75. The molecule has 5 heteroatoms. The second kappa shape index (κ2) is 7.23. The fraction of sp³-hybridized carbons (Fsp3) is 0.278. The van der Waals surface area contributed by atoms with E-state index < -0.39 is 0 Å². The molecular formula is C18H19BrFN2O+. The molecule has 0 radical (unpaired) electrons. The van der Waals surface area contributed by atoms with Crippen LogP contribution in [0.15, 0.2) is 53.0 Å². The first-order valence-corrected chi connectivity index (χ1v) is 8.54. The molecule has 3 nitrogen and oxygen atoms in total. The van der Waals surface area contributed by atoms with Crippen molar-refractivity contribution in [3.05, 3.63) is 64.4 Å². The molecule has 0 aromatic heterocycles. The predicted molar refractivity (Wildman–Crippen MR) is 91.7 cm³/mol. The summed E-state index contributed by atoms with van der Waals surface area (Å²) in [5.74, 6) is -0.227. The van der Waals surface area contributed by atoms with E-state index in [-0.39, 0.29) is 11.7 Å². The molecule has 1 fully saturated rings. The summed E-state index contributed by atoms with van der Waals surface area (Å²) in [5, 5.41) is 2.95. The van der Waals surface area contributed by atoms with E-state index in [0.29, 0.717) is 12.6 Å². The Labute approximate surface area is 143 Å². The lowest BCUT2D eigenvalue weighted by molar-refractivity contribution is -0.916. The zero-order valence-corrected chi connectivity index (χ0v) is 14.3. The minimum atomic E-state index is -0.228. The van der Waals surface area contributed by atoms with Crippen LogP contribution in [0, 0.1) is 5.82 Å². The van der Waals surface area contributed by atoms with Crippen molar-refractivity contribution in [2.75, 3.05) is 11.9 Å². The average molecular weight is 378 g/mol. The van der Waals surface area contributed by atoms with E-state index in [4.69, 9.17) is 0 Å². The first kappa shape index (κ1) is 16.1. The van der Waals surface area contributed by atoms with Crippen LogP contribution in [0.2, 0.25) is 0 Å². The summed E-state index contributed by atoms with van der Waals surface area (Å²) in [5.41, 5.74) is 1.84. The number of halogens is 2. The number of quaternary nitrogens is 1. The van der Waals surface area contributed by atoms with Gasteiger partial charge >= 0.3 is 0 Å². The zero-order chi connectivity index (χ0) is 16.2. The summed E-state index contributed by atoms with van der Waals surface area (Å²) >= 11 is 3.44. The van der Waals surface area contributed by atoms with Gasteiger partial charge in [0.1, 0.15) is 12.4 Å². The topological polar surface area (TPSA) is 33.5 Å². The van der Waals surface area contributed by atoms with E-state index in [9.17, 15) is 9.18 Å². The third-order valence-electron chi connectivity index (χ3n) is 4.03. The minimum Gasteiger partial charge on any atom is -0.321 e. The van der Waals surface area contributed by atoms with Gasteiger partial charge in [-0.2, -0.15) is 0 Å². The third-order valence-corrected chi connectivity index (χ3v) is 4.73. The molecular weight excluding hydrogens is 359 g/mol. The van der Waals surface area contributed by atoms with Gasteiger partial charge in [0.25, 0.3) is 5.91 Å². The molecule has 1 amide bonds. The van der Waals surface area contributed by atoms with Gasteiger partial charge in [-0.15, -0.1) is 0 Å². The molecule has 120 valence electrons. The first-order chi connectivity index (χ1) is 11.1. The van der Waals surface area contributed by atoms with Crippen LogP contribution in [0.1, 0.15) is 18.4 Å². The highest BCUT2D eigenvalue weighted by molar-refractivity contribution is 9.10. The third kappa shape index (κ3) is 4.62. The molecule has 1 aliphatic carbocycles. The summed E-state index contributed by atoms with van der Waals surface area (Å²) in [6, 6.07) is 14.7. The summed E-state index contributed by atoms with van der Waals surface area (Å²) in [7, 11) is 0. The van der Waals surface area contributed by atoms with Crippen LogP contribution in [0.5, 0.6) is 0 Å². The van der Waals surface area contributed by atoms with E-state index in [1.165, 1.54) is 17.0 Å². The summed E-state index contributed by atoms with van der Waals surface area (Å²) in [6.45, 7) is 1.16. The standard InChI is InChI=1S/C18H18BrFN2O/c19-16-3-1-2-4-17(16)21-18(23)12-22(15-9-10-15)11-13-5-7-14(20)8-6-13/h1-8,15H,9-12H2,(H,21,23)/p+1. The van der Waals surface area contributed by atoms with Gasteiger partial charge < -0.3 is 10.2 Å². The number of carbonyl (C=O) groups is 1. The number of hydrogen-bond acceptors (Lipinski definition) is 1. The van der Waals surface area contributed by atoms with Crippen molar-refractivity contribution in [2.24, 2.45) is 0 Å². The van der Waals surface area contributed by atoms with Gasteiger partial charge in [0, 0.05) is 22.9 Å². The Hall–Kier alpha value is -1.72. The predicted octanol–water partition coefficient (Wildman–Crippen LogP) is 2.77. The quantitative estimate of drug-likeness (QED) is 0.797. The fourth-order valence-electron chi connectivity index (χ4n) is 2.67. The highest BCUT2D eigenvalue weighted by Crippen LogP contribution is 2.21. The van der Waals surface area contributed by atoms with Crippen LogP contribution in [-0.4, -0.2) is 18.5 Å². The van der Waals surface area contributed by atoms with Gasteiger partial charge in [-0.05, 0) is 40.2 Å². The van der Waals surface area contributed by atoms with Crippen molar-refractivity contribution in [1.29, 1.82) is 0 Å². The van der Waals surface area contributed by atoms with E-state index >= 15 is 0 Å². The van der Waals surface area contributed by atoms with Crippen LogP contribution in [0.25, 0.3) is 0 Å². The van der Waals surface area contributed by atoms with E-state index in [1.54, 1.807) is 12.1 Å². The molecule has 0 bridgehead atoms. The number of hydrogen-bond donors (Lipinski definition) is 2. The van der Waals surface area contributed by atoms with E-state index in [2.05, 4.69) is 21.2 Å². The Morgan fingerprint density at radius 2 is 1.87 bits per heavy atom. The van der Waals surface area contributed by atoms with Crippen LogP contribution in [-0.2, 0) is 11.3 Å². The van der Waals surface area contributed by atoms with E-state index in [0.717, 1.165) is 35.1 Å². The highest BCUT2D eigenvalue weighted by Gasteiger charge is 2.34. The molecule has 0 spiro atoms. The van der Waals surface area contributed by atoms with Crippen molar-refractivity contribution >= 4 is 27.5 Å². The molecule has 2 aromatic rings. The van der Waals surface area contributed by atoms with Gasteiger partial charge in [0.05, 0.1) is 11.7 Å². The molecule has 1 unspecified atom stereocenters.